The molecule has 0 aromatic heterocycles. The van der Waals surface area contributed by atoms with Crippen LogP contribution in [0.25, 0.3) is 0 Å². The lowest BCUT2D eigenvalue weighted by atomic mass is 10.2. The number of carbonyl (C=O) groups excluding carboxylic acids is 2. The SMILES string of the molecule is C[C@@H]1C(=O)N(Cc2ccc(OC(F)(F)F)cc2)C(=O)N1c1ccc(F)cc1. The highest BCUT2D eigenvalue weighted by molar-refractivity contribution is 6.13. The highest BCUT2D eigenvalue weighted by Gasteiger charge is 2.43. The Balaban J connectivity index is 1.76. The Bertz CT molecular complexity index is 850. The zero-order valence-electron chi connectivity index (χ0n) is 14.0. The Morgan fingerprint density at radius 3 is 2.15 bits per heavy atom. The number of hydrogen-bond acceptors (Lipinski definition) is 3. The van der Waals surface area contributed by atoms with Gasteiger partial charge in [-0.2, -0.15) is 0 Å². The third kappa shape index (κ3) is 4.02. The number of imide groups is 1. The van der Waals surface area contributed by atoms with Crippen LogP contribution in [0.1, 0.15) is 12.5 Å². The number of rotatable bonds is 4. The van der Waals surface area contributed by atoms with Gasteiger partial charge in [-0.15, -0.1) is 13.2 Å². The highest BCUT2D eigenvalue weighted by Crippen LogP contribution is 2.28. The Morgan fingerprint density at radius 2 is 1.59 bits per heavy atom. The van der Waals surface area contributed by atoms with Gasteiger partial charge < -0.3 is 4.74 Å². The maximum Gasteiger partial charge on any atom is 0.573 e. The minimum Gasteiger partial charge on any atom is -0.406 e. The fraction of sp³-hybridized carbons (Fsp3) is 0.222. The molecule has 3 rings (SSSR count). The minimum absolute atomic E-state index is 0.105. The van der Waals surface area contributed by atoms with Crippen LogP contribution < -0.4 is 9.64 Å². The summed E-state index contributed by atoms with van der Waals surface area (Å²) in [6.45, 7) is 1.44. The first kappa shape index (κ1) is 18.7. The smallest absolute Gasteiger partial charge is 0.406 e. The molecule has 3 amide bonds. The Labute approximate surface area is 151 Å². The number of hydrogen-bond donors (Lipinski definition) is 0. The van der Waals surface area contributed by atoms with Crippen molar-refractivity contribution in [1.82, 2.24) is 4.90 Å². The third-order valence-corrected chi connectivity index (χ3v) is 4.05. The molecular formula is C18H14F4N2O3. The van der Waals surface area contributed by atoms with Crippen LogP contribution in [0.5, 0.6) is 5.75 Å². The molecule has 1 atom stereocenters. The minimum atomic E-state index is -4.80. The molecule has 1 aliphatic rings. The lowest BCUT2D eigenvalue weighted by Gasteiger charge is -2.19. The first-order valence-electron chi connectivity index (χ1n) is 7.90. The number of ether oxygens (including phenoxy) is 1. The fourth-order valence-corrected chi connectivity index (χ4v) is 2.79. The molecule has 1 aliphatic heterocycles. The molecule has 0 unspecified atom stereocenters. The number of nitrogens with zero attached hydrogens (tertiary/aromatic N) is 2. The predicted molar refractivity (Wildman–Crippen MR) is 87.4 cm³/mol. The quantitative estimate of drug-likeness (QED) is 0.591. The summed E-state index contributed by atoms with van der Waals surface area (Å²) in [7, 11) is 0. The van der Waals surface area contributed by atoms with E-state index in [4.69, 9.17) is 0 Å². The van der Waals surface area contributed by atoms with Crippen molar-refractivity contribution in [3.8, 4) is 5.75 Å². The summed E-state index contributed by atoms with van der Waals surface area (Å²) in [4.78, 5) is 27.3. The van der Waals surface area contributed by atoms with Crippen LogP contribution in [0.15, 0.2) is 48.5 Å². The topological polar surface area (TPSA) is 49.9 Å². The molecule has 0 saturated carbocycles. The molecule has 142 valence electrons. The van der Waals surface area contributed by atoms with Gasteiger partial charge >= 0.3 is 12.4 Å². The molecule has 5 nitrogen and oxygen atoms in total. The van der Waals surface area contributed by atoms with Crippen molar-refractivity contribution in [2.75, 3.05) is 4.90 Å². The van der Waals surface area contributed by atoms with Gasteiger partial charge in [0.15, 0.2) is 0 Å². The van der Waals surface area contributed by atoms with E-state index in [1.54, 1.807) is 6.92 Å². The van der Waals surface area contributed by atoms with E-state index in [9.17, 15) is 27.2 Å². The van der Waals surface area contributed by atoms with E-state index in [0.29, 0.717) is 11.3 Å². The van der Waals surface area contributed by atoms with Crippen LogP contribution in [-0.2, 0) is 11.3 Å². The summed E-state index contributed by atoms with van der Waals surface area (Å²) < 4.78 is 53.5. The molecule has 1 saturated heterocycles. The molecule has 1 fully saturated rings. The maximum atomic E-state index is 13.1. The van der Waals surface area contributed by atoms with Crippen molar-refractivity contribution < 1.29 is 31.9 Å². The number of benzene rings is 2. The second kappa shape index (κ2) is 6.90. The van der Waals surface area contributed by atoms with Gasteiger partial charge in [-0.3, -0.25) is 14.6 Å². The zero-order valence-corrected chi connectivity index (χ0v) is 14.0. The second-order valence-corrected chi connectivity index (χ2v) is 5.92. The molecular weight excluding hydrogens is 368 g/mol. The van der Waals surface area contributed by atoms with Gasteiger partial charge in [0.2, 0.25) is 0 Å². The van der Waals surface area contributed by atoms with Gasteiger partial charge in [-0.05, 0) is 48.9 Å². The number of halogens is 4. The summed E-state index contributed by atoms with van der Waals surface area (Å²) in [5.74, 6) is -1.33. The summed E-state index contributed by atoms with van der Waals surface area (Å²) in [5.41, 5.74) is 0.832. The molecule has 9 heteroatoms. The standard InChI is InChI=1S/C18H14F4N2O3/c1-11-16(25)23(17(26)24(11)14-6-4-13(19)5-7-14)10-12-2-8-15(9-3-12)27-18(20,21)22/h2-9,11H,10H2,1H3/t11-/m1/s1. The van der Waals surface area contributed by atoms with Crippen LogP contribution in [-0.4, -0.2) is 29.2 Å². The molecule has 0 bridgehead atoms. The molecule has 0 N–H and O–H groups in total. The molecule has 0 spiro atoms. The molecule has 27 heavy (non-hydrogen) atoms. The number of anilines is 1. The number of amides is 3. The number of alkyl halides is 3. The lowest BCUT2D eigenvalue weighted by molar-refractivity contribution is -0.274. The van der Waals surface area contributed by atoms with E-state index >= 15 is 0 Å². The number of urea groups is 1. The van der Waals surface area contributed by atoms with Crippen molar-refractivity contribution in [3.63, 3.8) is 0 Å². The largest absolute Gasteiger partial charge is 0.573 e. The van der Waals surface area contributed by atoms with E-state index in [0.717, 1.165) is 17.0 Å². The van der Waals surface area contributed by atoms with Gasteiger partial charge in [0.1, 0.15) is 17.6 Å². The van der Waals surface area contributed by atoms with Crippen molar-refractivity contribution >= 4 is 17.6 Å². The molecule has 2 aromatic carbocycles. The second-order valence-electron chi connectivity index (χ2n) is 5.92. The third-order valence-electron chi connectivity index (χ3n) is 4.05. The normalized spacial score (nSPS) is 17.6. The maximum absolute atomic E-state index is 13.1. The predicted octanol–water partition coefficient (Wildman–Crippen LogP) is 4.08. The van der Waals surface area contributed by atoms with Gasteiger partial charge in [-0.25, -0.2) is 9.18 Å². The van der Waals surface area contributed by atoms with Crippen molar-refractivity contribution in [1.29, 1.82) is 0 Å². The van der Waals surface area contributed by atoms with E-state index in [2.05, 4.69) is 4.74 Å². The summed E-state index contributed by atoms with van der Waals surface area (Å²) >= 11 is 0. The van der Waals surface area contributed by atoms with Crippen LogP contribution >= 0.6 is 0 Å². The molecule has 2 aromatic rings. The fourth-order valence-electron chi connectivity index (χ4n) is 2.79. The number of carbonyl (C=O) groups is 2. The van der Waals surface area contributed by atoms with E-state index in [-0.39, 0.29) is 6.54 Å². The van der Waals surface area contributed by atoms with E-state index in [1.807, 2.05) is 0 Å². The molecule has 0 aliphatic carbocycles. The van der Waals surface area contributed by atoms with Crippen molar-refractivity contribution in [2.24, 2.45) is 0 Å². The van der Waals surface area contributed by atoms with Gasteiger partial charge in [0.05, 0.1) is 6.54 Å². The van der Waals surface area contributed by atoms with Gasteiger partial charge in [0.25, 0.3) is 5.91 Å². The van der Waals surface area contributed by atoms with E-state index < -0.39 is 35.9 Å². The van der Waals surface area contributed by atoms with Crippen LogP contribution in [0.2, 0.25) is 0 Å². The summed E-state index contributed by atoms with van der Waals surface area (Å²) in [6, 6.07) is 8.67. The highest BCUT2D eigenvalue weighted by atomic mass is 19.4. The van der Waals surface area contributed by atoms with Gasteiger partial charge in [-0.1, -0.05) is 12.1 Å². The summed E-state index contributed by atoms with van der Waals surface area (Å²) in [6.07, 6.45) is -4.80. The Hall–Kier alpha value is -3.10. The summed E-state index contributed by atoms with van der Waals surface area (Å²) in [5, 5.41) is 0. The van der Waals surface area contributed by atoms with Crippen molar-refractivity contribution in [3.05, 3.63) is 59.9 Å². The van der Waals surface area contributed by atoms with Crippen molar-refractivity contribution in [2.45, 2.75) is 25.9 Å². The van der Waals surface area contributed by atoms with E-state index in [1.165, 1.54) is 41.3 Å². The Kier molecular flexibility index (Phi) is 4.77. The zero-order chi connectivity index (χ0) is 19.8. The Morgan fingerprint density at radius 1 is 1.00 bits per heavy atom. The molecule has 0 radical (unpaired) electrons. The monoisotopic (exact) mass is 382 g/mol. The average molecular weight is 382 g/mol. The molecule has 1 heterocycles. The lowest BCUT2D eigenvalue weighted by Crippen LogP contribution is -2.33. The first-order chi connectivity index (χ1) is 12.7. The first-order valence-corrected chi connectivity index (χ1v) is 7.90. The van der Waals surface area contributed by atoms with Crippen LogP contribution in [0, 0.1) is 5.82 Å². The average Bonchev–Trinajstić information content (AvgIpc) is 2.80. The van der Waals surface area contributed by atoms with Crippen LogP contribution in [0.3, 0.4) is 0 Å². The van der Waals surface area contributed by atoms with Crippen LogP contribution in [0.4, 0.5) is 28.0 Å². The van der Waals surface area contributed by atoms with Gasteiger partial charge in [0, 0.05) is 5.69 Å².